The second-order valence-corrected chi connectivity index (χ2v) is 34.0. The predicted molar refractivity (Wildman–Crippen MR) is 327 cm³/mol. The van der Waals surface area contributed by atoms with Crippen LogP contribution >= 0.6 is 0 Å². The Balaban J connectivity index is -0.000000132. The minimum atomic E-state index is -2.33. The van der Waals surface area contributed by atoms with Crippen LogP contribution in [0.4, 0.5) is 0 Å². The summed E-state index contributed by atoms with van der Waals surface area (Å²) in [5.41, 5.74) is 3.35. The molecule has 400 valence electrons. The maximum atomic E-state index is 9.44. The number of aryl methyl sites for hydroxylation is 1. The van der Waals surface area contributed by atoms with E-state index < -0.39 is 16.9 Å². The molecule has 0 radical (unpaired) electrons. The van der Waals surface area contributed by atoms with Gasteiger partial charge in [0.2, 0.25) is 0 Å². The first-order valence-corrected chi connectivity index (χ1v) is 34.8. The first-order chi connectivity index (χ1) is 31.4. The molecule has 0 saturated carbocycles. The summed E-state index contributed by atoms with van der Waals surface area (Å²) in [5, 5.41) is 11.7. The molecule has 0 aliphatic heterocycles. The fourth-order valence-corrected chi connectivity index (χ4v) is 12.4. The average Bonchev–Trinajstić information content (AvgIpc) is 3.24. The molecule has 0 aliphatic carbocycles. The average molecular weight is 1070 g/mol. The summed E-state index contributed by atoms with van der Waals surface area (Å²) in [6, 6.07) is 44.6. The van der Waals surface area contributed by atoms with Crippen molar-refractivity contribution in [3.8, 4) is 0 Å². The number of ether oxygens (including phenoxy) is 2. The quantitative estimate of drug-likeness (QED) is 0.0715. The lowest BCUT2D eigenvalue weighted by molar-refractivity contribution is -0.115. The summed E-state index contributed by atoms with van der Waals surface area (Å²) in [4.78, 5) is 18.9. The van der Waals surface area contributed by atoms with Gasteiger partial charge in [0.25, 0.3) is 0 Å². The second kappa shape index (κ2) is 56.2. The summed E-state index contributed by atoms with van der Waals surface area (Å²) < 4.78 is 26.6. The first kappa shape index (κ1) is 80.4. The summed E-state index contributed by atoms with van der Waals surface area (Å²) in [6.45, 7) is 37.1. The van der Waals surface area contributed by atoms with Gasteiger partial charge in [0, 0.05) is 46.0 Å². The molecular weight excluding hydrogens is 957 g/mol. The highest BCUT2D eigenvalue weighted by Gasteiger charge is 2.32. The molecule has 8 nitrogen and oxygen atoms in total. The maximum Gasteiger partial charge on any atom is 0.370 e. The first-order valence-electron chi connectivity index (χ1n) is 24.0. The number of aliphatic hydroxyl groups excluding tert-OH is 1. The van der Waals surface area contributed by atoms with Crippen LogP contribution in [-0.2, 0) is 32.3 Å². The van der Waals surface area contributed by atoms with Gasteiger partial charge in [-0.25, -0.2) is 0 Å². The molecule has 4 rings (SSSR count). The van der Waals surface area contributed by atoms with E-state index >= 15 is 0 Å². The Kier molecular flexibility index (Phi) is 65.5. The zero-order valence-electron chi connectivity index (χ0n) is 46.2. The molecule has 0 aromatic heterocycles. The third-order valence-corrected chi connectivity index (χ3v) is 16.6. The van der Waals surface area contributed by atoms with E-state index in [0.717, 1.165) is 16.3 Å². The number of aliphatic hydroxyl groups is 1. The molecule has 69 heavy (non-hydrogen) atoms. The Morgan fingerprint density at radius 1 is 0.609 bits per heavy atom. The molecule has 4 aromatic carbocycles. The Hall–Kier alpha value is -2.72. The molecule has 14 heteroatoms. The summed E-state index contributed by atoms with van der Waals surface area (Å²) >= 11 is 0. The molecular formula is C55H108O8Si6. The van der Waals surface area contributed by atoms with Crippen molar-refractivity contribution in [1.29, 1.82) is 0 Å². The van der Waals surface area contributed by atoms with Crippen molar-refractivity contribution in [1.82, 2.24) is 0 Å². The van der Waals surface area contributed by atoms with Crippen LogP contribution in [0, 0.1) is 6.92 Å². The van der Waals surface area contributed by atoms with Crippen molar-refractivity contribution in [2.45, 2.75) is 160 Å². The molecule has 0 heterocycles. The number of hydrogen-bond donors (Lipinski definition) is 1. The number of hydrogen-bond acceptors (Lipinski definition) is 8. The minimum absolute atomic E-state index is 0. The van der Waals surface area contributed by atoms with Crippen molar-refractivity contribution in [2.75, 3.05) is 34.4 Å². The fourth-order valence-electron chi connectivity index (χ4n) is 5.24. The highest BCUT2D eigenvalue weighted by atomic mass is 28.4. The molecule has 0 spiro atoms. The standard InChI is InChI=1S/C12H12Si.C11H18O4Si.C7H8.C6H16OSi.C6H16Si.C4H12Si.2C3H6O.C2H6O.CH4.H4Si/c1-3-7-11(8-4-1)13-12-9-5-2-6-10-12;1-12-9-14-10-15-16(3,13-2)11-7-5-4-6-8-11;1-7-5-3-2-4-6-7;1-6(2)7-8(3,4)5;1-5(2)7-6(3)4;1-3-5-4-2;2*1-3(2)4;1-2-3;;/h1-10H,13H2;4-8H,9-10H2,1-3H3;2-6H,1H3;6H,1-5H3;5-6H,7H2,1-4H3;3-5H2,1-2H3;2*1-2H3;3H,2H2,1H3;2*1H4. The Morgan fingerprint density at radius 3 is 1.14 bits per heavy atom. The van der Waals surface area contributed by atoms with Crippen LogP contribution in [-0.4, -0.2) is 114 Å². The maximum absolute atomic E-state index is 9.44. The minimum Gasteiger partial charge on any atom is -0.415 e. The van der Waals surface area contributed by atoms with Crippen molar-refractivity contribution in [3.63, 3.8) is 0 Å². The van der Waals surface area contributed by atoms with Crippen molar-refractivity contribution < 1.29 is 37.4 Å². The van der Waals surface area contributed by atoms with Crippen LogP contribution < -0.4 is 15.6 Å². The van der Waals surface area contributed by atoms with Crippen molar-refractivity contribution in [2.24, 2.45) is 0 Å². The lowest BCUT2D eigenvalue weighted by Crippen LogP contribution is -2.50. The van der Waals surface area contributed by atoms with E-state index in [4.69, 9.17) is 27.9 Å². The monoisotopic (exact) mass is 1060 g/mol. The molecule has 0 amide bonds. The lowest BCUT2D eigenvalue weighted by Gasteiger charge is -2.25. The third kappa shape index (κ3) is 71.9. The largest absolute Gasteiger partial charge is 0.415 e. The van der Waals surface area contributed by atoms with Crippen molar-refractivity contribution >= 4 is 83.5 Å². The molecule has 0 saturated heterocycles. The zero-order chi connectivity index (χ0) is 52.5. The fraction of sp³-hybridized carbons (Fsp3) is 0.527. The molecule has 4 aromatic rings. The van der Waals surface area contributed by atoms with Gasteiger partial charge >= 0.3 is 8.56 Å². The molecule has 1 atom stereocenters. The highest BCUT2D eigenvalue weighted by molar-refractivity contribution is 6.79. The van der Waals surface area contributed by atoms with Crippen molar-refractivity contribution in [3.05, 3.63) is 127 Å². The number of Topliss-reactive ketones (excluding diaryl/α,β-unsaturated/α-hetero) is 2. The van der Waals surface area contributed by atoms with E-state index in [2.05, 4.69) is 155 Å². The van der Waals surface area contributed by atoms with Gasteiger partial charge in [-0.2, -0.15) is 0 Å². The topological polar surface area (TPSA) is 101 Å². The molecule has 0 aliphatic rings. The van der Waals surface area contributed by atoms with E-state index in [0.29, 0.717) is 15.6 Å². The van der Waals surface area contributed by atoms with Crippen LogP contribution in [0.15, 0.2) is 121 Å². The summed E-state index contributed by atoms with van der Waals surface area (Å²) in [6.07, 6.45) is 0.404. The highest BCUT2D eigenvalue weighted by Crippen LogP contribution is 2.08. The smallest absolute Gasteiger partial charge is 0.370 e. The van der Waals surface area contributed by atoms with Gasteiger partial charge in [-0.3, -0.25) is 0 Å². The van der Waals surface area contributed by atoms with Gasteiger partial charge in [0.1, 0.15) is 25.2 Å². The molecule has 0 fully saturated rings. The van der Waals surface area contributed by atoms with Gasteiger partial charge in [-0.15, -0.1) is 0 Å². The van der Waals surface area contributed by atoms with E-state index in [1.54, 1.807) is 21.1 Å². The molecule has 1 N–H and O–H groups in total. The number of rotatable bonds is 15. The number of carbonyl (C=O) groups is 2. The van der Waals surface area contributed by atoms with Crippen LogP contribution in [0.25, 0.3) is 0 Å². The Labute approximate surface area is 439 Å². The predicted octanol–water partition coefficient (Wildman–Crippen LogP) is 9.47. The summed E-state index contributed by atoms with van der Waals surface area (Å²) in [5.74, 6) is 0.333. The van der Waals surface area contributed by atoms with E-state index in [9.17, 15) is 9.59 Å². The zero-order valence-corrected chi connectivity index (χ0v) is 52.5. The molecule has 1 unspecified atom stereocenters. The lowest BCUT2D eigenvalue weighted by atomic mass is 10.2. The van der Waals surface area contributed by atoms with Gasteiger partial charge < -0.3 is 37.4 Å². The number of ketones is 2. The third-order valence-electron chi connectivity index (χ3n) is 7.58. The number of benzene rings is 4. The SMILES string of the molecule is C.CC(C)=O.CC(C)=O.CC(C)O[Si](C)(C)C.CC(C)[SiH2]C(C)C.CCO.CC[SiH2]CC.COCOCO[Si](C)(OC)c1ccccc1.Cc1ccccc1.[SiH4].c1ccc([SiH2]c2ccccc2)cc1. The normalized spacial score (nSPS) is 10.4. The van der Waals surface area contributed by atoms with Gasteiger partial charge in [0.15, 0.2) is 8.32 Å². The van der Waals surface area contributed by atoms with E-state index in [1.165, 1.54) is 55.7 Å². The van der Waals surface area contributed by atoms with Gasteiger partial charge in [-0.05, 0) is 97.7 Å². The van der Waals surface area contributed by atoms with Crippen LogP contribution in [0.3, 0.4) is 0 Å². The van der Waals surface area contributed by atoms with Gasteiger partial charge in [-0.1, -0.05) is 209 Å². The van der Waals surface area contributed by atoms with E-state index in [1.807, 2.05) is 55.1 Å². The van der Waals surface area contributed by atoms with E-state index in [-0.39, 0.29) is 69.2 Å². The summed E-state index contributed by atoms with van der Waals surface area (Å²) in [7, 11) is 0.164. The Bertz CT molecular complexity index is 1530. The van der Waals surface area contributed by atoms with Crippen LogP contribution in [0.5, 0.6) is 0 Å². The number of carbonyl (C=O) groups excluding carboxylic acids is 2. The molecule has 0 bridgehead atoms. The second-order valence-electron chi connectivity index (χ2n) is 18.0. The Morgan fingerprint density at radius 2 is 0.942 bits per heavy atom. The van der Waals surface area contributed by atoms with Gasteiger partial charge in [0.05, 0.1) is 9.52 Å². The van der Waals surface area contributed by atoms with Crippen LogP contribution in [0.2, 0.25) is 49.4 Å². The van der Waals surface area contributed by atoms with Crippen LogP contribution in [0.1, 0.15) is 103 Å². The number of methoxy groups -OCH3 is 1.